The second-order valence-corrected chi connectivity index (χ2v) is 7.56. The van der Waals surface area contributed by atoms with Crippen molar-refractivity contribution < 1.29 is 18.0 Å². The summed E-state index contributed by atoms with van der Waals surface area (Å²) in [4.78, 5) is 11.1. The van der Waals surface area contributed by atoms with Gasteiger partial charge in [-0.15, -0.1) is 0 Å². The van der Waals surface area contributed by atoms with Crippen LogP contribution >= 0.6 is 0 Å². The Kier molecular flexibility index (Phi) is 12.9. The van der Waals surface area contributed by atoms with Gasteiger partial charge in [0.1, 0.15) is 12.2 Å². The lowest BCUT2D eigenvalue weighted by molar-refractivity contribution is -0.152. The van der Waals surface area contributed by atoms with Gasteiger partial charge < -0.3 is 0 Å². The maximum Gasteiger partial charge on any atom is 0.395 e. The average molecular weight is 385 g/mol. The number of carbonyl (C=O) groups excluding carboxylic acids is 1. The van der Waals surface area contributed by atoms with E-state index in [2.05, 4.69) is 30.3 Å². The number of hydrogen-bond donors (Lipinski definition) is 0. The molecule has 0 N–H and O–H groups in total. The Hall–Kier alpha value is -1.32. The number of hydrogen-bond acceptors (Lipinski definition) is 1. The van der Waals surface area contributed by atoms with Gasteiger partial charge in [-0.1, -0.05) is 94.5 Å². The fourth-order valence-electron chi connectivity index (χ4n) is 3.38. The molecule has 0 spiro atoms. The molecule has 0 unspecified atom stereocenters. The number of carbonyl (C=O) groups is 1. The van der Waals surface area contributed by atoms with E-state index < -0.39 is 18.4 Å². The molecule has 0 saturated heterocycles. The fraction of sp³-hybridized carbons (Fsp3) is 0.696. The van der Waals surface area contributed by atoms with Crippen LogP contribution in [0.3, 0.4) is 0 Å². The molecule has 0 fully saturated rings. The Balaban J connectivity index is 1.77. The van der Waals surface area contributed by atoms with Crippen LogP contribution in [0.5, 0.6) is 0 Å². The summed E-state index contributed by atoms with van der Waals surface area (Å²) < 4.78 is 36.1. The van der Waals surface area contributed by atoms with Crippen molar-refractivity contribution in [3.8, 4) is 0 Å². The molecule has 0 aliphatic heterocycles. The Morgan fingerprint density at radius 1 is 0.667 bits per heavy atom. The van der Waals surface area contributed by atoms with Gasteiger partial charge in [0.15, 0.2) is 0 Å². The predicted molar refractivity (Wildman–Crippen MR) is 106 cm³/mol. The smallest absolute Gasteiger partial charge is 0.299 e. The fourth-order valence-corrected chi connectivity index (χ4v) is 3.38. The van der Waals surface area contributed by atoms with Gasteiger partial charge in [-0.3, -0.25) is 4.79 Å². The largest absolute Gasteiger partial charge is 0.395 e. The molecule has 0 aliphatic rings. The summed E-state index contributed by atoms with van der Waals surface area (Å²) in [6.45, 7) is 0. The molecule has 0 amide bonds. The molecule has 0 aromatic heterocycles. The molecule has 4 heteroatoms. The SMILES string of the molecule is O=C(CCCCCCCCCCCCCCc1ccccc1)CC(F)(F)F. The first-order chi connectivity index (χ1) is 13.0. The number of aryl methyl sites for hydroxylation is 1. The molecule has 0 saturated carbocycles. The molecule has 0 atom stereocenters. The summed E-state index contributed by atoms with van der Waals surface area (Å²) in [5.41, 5.74) is 1.43. The van der Waals surface area contributed by atoms with Gasteiger partial charge in [-0.05, 0) is 24.8 Å². The summed E-state index contributed by atoms with van der Waals surface area (Å²) in [6.07, 6.45) is 9.50. The van der Waals surface area contributed by atoms with E-state index in [4.69, 9.17) is 0 Å². The number of unbranched alkanes of at least 4 members (excludes halogenated alkanes) is 11. The minimum Gasteiger partial charge on any atom is -0.299 e. The molecule has 1 rings (SSSR count). The number of alkyl halides is 3. The van der Waals surface area contributed by atoms with E-state index in [1.165, 1.54) is 63.4 Å². The molecule has 27 heavy (non-hydrogen) atoms. The number of benzene rings is 1. The molecule has 0 heterocycles. The standard InChI is InChI=1S/C23H35F3O/c24-23(25,26)20-22(27)19-15-10-8-6-4-2-1-3-5-7-9-12-16-21-17-13-11-14-18-21/h11,13-14,17-18H,1-10,12,15-16,19-20H2. The van der Waals surface area contributed by atoms with E-state index in [1.807, 2.05) is 0 Å². The topological polar surface area (TPSA) is 17.1 Å². The van der Waals surface area contributed by atoms with Crippen LogP contribution in [0.2, 0.25) is 0 Å². The van der Waals surface area contributed by atoms with E-state index >= 15 is 0 Å². The van der Waals surface area contributed by atoms with Crippen molar-refractivity contribution in [2.75, 3.05) is 0 Å². The zero-order valence-corrected chi connectivity index (χ0v) is 16.5. The zero-order valence-electron chi connectivity index (χ0n) is 16.5. The molecule has 0 radical (unpaired) electrons. The van der Waals surface area contributed by atoms with Gasteiger partial charge in [0.2, 0.25) is 0 Å². The number of rotatable bonds is 16. The van der Waals surface area contributed by atoms with E-state index in [1.54, 1.807) is 0 Å². The monoisotopic (exact) mass is 384 g/mol. The Labute approximate surface area is 162 Å². The summed E-state index contributed by atoms with van der Waals surface area (Å²) in [6, 6.07) is 10.6. The van der Waals surface area contributed by atoms with Gasteiger partial charge in [-0.2, -0.15) is 13.2 Å². The minimum absolute atomic E-state index is 0.0732. The Morgan fingerprint density at radius 3 is 1.59 bits per heavy atom. The van der Waals surface area contributed by atoms with Crippen molar-refractivity contribution >= 4 is 5.78 Å². The van der Waals surface area contributed by atoms with E-state index in [9.17, 15) is 18.0 Å². The van der Waals surface area contributed by atoms with Gasteiger partial charge in [-0.25, -0.2) is 0 Å². The molecular weight excluding hydrogens is 349 g/mol. The van der Waals surface area contributed by atoms with Crippen LogP contribution in [0.25, 0.3) is 0 Å². The third-order valence-corrected chi connectivity index (χ3v) is 4.91. The van der Waals surface area contributed by atoms with Crippen LogP contribution < -0.4 is 0 Å². The molecular formula is C23H35F3O. The number of halogens is 3. The van der Waals surface area contributed by atoms with E-state index in [0.717, 1.165) is 19.3 Å². The van der Waals surface area contributed by atoms with Crippen molar-refractivity contribution in [1.82, 2.24) is 0 Å². The first kappa shape index (κ1) is 23.7. The normalized spacial score (nSPS) is 11.7. The first-order valence-electron chi connectivity index (χ1n) is 10.6. The highest BCUT2D eigenvalue weighted by atomic mass is 19.4. The highest BCUT2D eigenvalue weighted by Crippen LogP contribution is 2.21. The Bertz CT molecular complexity index is 482. The van der Waals surface area contributed by atoms with Gasteiger partial charge >= 0.3 is 6.18 Å². The van der Waals surface area contributed by atoms with E-state index in [0.29, 0.717) is 6.42 Å². The summed E-state index contributed by atoms with van der Waals surface area (Å²) >= 11 is 0. The maximum absolute atomic E-state index is 12.0. The van der Waals surface area contributed by atoms with Gasteiger partial charge in [0.25, 0.3) is 0 Å². The highest BCUT2D eigenvalue weighted by Gasteiger charge is 2.30. The zero-order chi connectivity index (χ0) is 19.8. The molecule has 0 aliphatic carbocycles. The summed E-state index contributed by atoms with van der Waals surface area (Å²) in [5.74, 6) is -0.675. The van der Waals surface area contributed by atoms with Crippen molar-refractivity contribution in [3.05, 3.63) is 35.9 Å². The lowest BCUT2D eigenvalue weighted by atomic mass is 10.0. The lowest BCUT2D eigenvalue weighted by Gasteiger charge is -2.05. The van der Waals surface area contributed by atoms with Crippen LogP contribution in [-0.4, -0.2) is 12.0 Å². The van der Waals surface area contributed by atoms with Crippen LogP contribution in [0.4, 0.5) is 13.2 Å². The number of ketones is 1. The van der Waals surface area contributed by atoms with Crippen molar-refractivity contribution in [2.24, 2.45) is 0 Å². The minimum atomic E-state index is -4.35. The molecule has 1 aromatic rings. The molecule has 154 valence electrons. The average Bonchev–Trinajstić information content (AvgIpc) is 2.61. The van der Waals surface area contributed by atoms with Crippen LogP contribution in [-0.2, 0) is 11.2 Å². The van der Waals surface area contributed by atoms with Gasteiger partial charge in [0.05, 0.1) is 0 Å². The van der Waals surface area contributed by atoms with Gasteiger partial charge in [0, 0.05) is 6.42 Å². The molecule has 1 aromatic carbocycles. The highest BCUT2D eigenvalue weighted by molar-refractivity contribution is 5.78. The van der Waals surface area contributed by atoms with Crippen LogP contribution in [0.15, 0.2) is 30.3 Å². The Morgan fingerprint density at radius 2 is 1.11 bits per heavy atom. The molecule has 1 nitrogen and oxygen atoms in total. The first-order valence-corrected chi connectivity index (χ1v) is 10.6. The van der Waals surface area contributed by atoms with Crippen molar-refractivity contribution in [1.29, 1.82) is 0 Å². The molecule has 0 bridgehead atoms. The van der Waals surface area contributed by atoms with E-state index in [-0.39, 0.29) is 6.42 Å². The van der Waals surface area contributed by atoms with Crippen LogP contribution in [0, 0.1) is 0 Å². The second-order valence-electron chi connectivity index (χ2n) is 7.56. The third kappa shape index (κ3) is 15.4. The van der Waals surface area contributed by atoms with Crippen LogP contribution in [0.1, 0.15) is 95.5 Å². The summed E-state index contributed by atoms with van der Waals surface area (Å²) in [7, 11) is 0. The second kappa shape index (κ2) is 14.7. The third-order valence-electron chi connectivity index (χ3n) is 4.91. The lowest BCUT2D eigenvalue weighted by Crippen LogP contribution is -2.14. The van der Waals surface area contributed by atoms with Crippen molar-refractivity contribution in [2.45, 2.75) is 102 Å². The predicted octanol–water partition coefficient (Wildman–Crippen LogP) is 7.82. The quantitative estimate of drug-likeness (QED) is 0.265. The van der Waals surface area contributed by atoms with Crippen molar-refractivity contribution in [3.63, 3.8) is 0 Å². The maximum atomic E-state index is 12.0. The summed E-state index contributed by atoms with van der Waals surface area (Å²) in [5, 5.41) is 0. The number of Topliss-reactive ketones (excluding diaryl/α,β-unsaturated/α-hetero) is 1.